The second kappa shape index (κ2) is 15.9. The zero-order valence-electron chi connectivity index (χ0n) is 31.6. The molecule has 0 spiro atoms. The molecule has 0 bridgehead atoms. The van der Waals surface area contributed by atoms with Gasteiger partial charge < -0.3 is 18.8 Å². The van der Waals surface area contributed by atoms with Crippen LogP contribution < -0.4 is 5.19 Å². The molecule has 0 aliphatic heterocycles. The first-order valence-corrected chi connectivity index (χ1v) is 22.2. The molecule has 0 aliphatic carbocycles. The molecule has 0 N–H and O–H groups in total. The summed E-state index contributed by atoms with van der Waals surface area (Å²) in [4.78, 5) is 9.48. The summed E-state index contributed by atoms with van der Waals surface area (Å²) in [5.74, 6) is -0.301. The van der Waals surface area contributed by atoms with Crippen LogP contribution in [0.5, 0.6) is 0 Å². The van der Waals surface area contributed by atoms with Gasteiger partial charge in [0, 0.05) is 54.9 Å². The van der Waals surface area contributed by atoms with E-state index in [1.165, 1.54) is 34.0 Å². The summed E-state index contributed by atoms with van der Waals surface area (Å²) in [6.07, 6.45) is 4.77. The fourth-order valence-corrected chi connectivity index (χ4v) is 8.28. The van der Waals surface area contributed by atoms with Gasteiger partial charge in [0.1, 0.15) is 17.0 Å². The van der Waals surface area contributed by atoms with E-state index in [0.717, 1.165) is 67.2 Å². The predicted octanol–water partition coefficient (Wildman–Crippen LogP) is 12.8. The minimum Gasteiger partial charge on any atom is -0.501 e. The summed E-state index contributed by atoms with van der Waals surface area (Å²) in [5.41, 5.74) is 11.2. The van der Waals surface area contributed by atoms with Crippen molar-refractivity contribution in [2.45, 2.75) is 26.1 Å². The smallest absolute Gasteiger partial charge is 0.126 e. The number of hydrogen-bond donors (Lipinski definition) is 0. The van der Waals surface area contributed by atoms with Gasteiger partial charge >= 0.3 is 0 Å². The molecule has 4 nitrogen and oxygen atoms in total. The molecule has 0 aliphatic rings. The van der Waals surface area contributed by atoms with Crippen LogP contribution in [0.2, 0.25) is 19.6 Å². The maximum Gasteiger partial charge on any atom is 0.126 e. The molecule has 10 aromatic rings. The minimum atomic E-state index is -1.38. The Labute approximate surface area is 345 Å². The van der Waals surface area contributed by atoms with Crippen molar-refractivity contribution in [3.8, 4) is 33.6 Å². The monoisotopic (exact) mass is 937 g/mol. The first kappa shape index (κ1) is 37.9. The Hall–Kier alpha value is -5.98. The van der Waals surface area contributed by atoms with Gasteiger partial charge in [-0.3, -0.25) is 0 Å². The Morgan fingerprint density at radius 3 is 1.88 bits per heavy atom. The number of rotatable bonds is 6. The largest absolute Gasteiger partial charge is 0.501 e. The first-order valence-electron chi connectivity index (χ1n) is 18.7. The van der Waals surface area contributed by atoms with Gasteiger partial charge in [-0.05, 0) is 57.9 Å². The fraction of sp³-hybridized carbons (Fsp3) is 0.0800. The van der Waals surface area contributed by atoms with Gasteiger partial charge in [0.25, 0.3) is 0 Å². The number of fused-ring (bicyclic) bond motifs is 6. The van der Waals surface area contributed by atoms with Crippen molar-refractivity contribution in [1.29, 1.82) is 0 Å². The number of para-hydroxylation sites is 1. The number of aromatic nitrogens is 2. The number of pyridine rings is 2. The molecular weight excluding hydrogens is 900 g/mol. The van der Waals surface area contributed by atoms with Crippen LogP contribution >= 0.6 is 0 Å². The van der Waals surface area contributed by atoms with Gasteiger partial charge in [-0.2, -0.15) is 0 Å². The summed E-state index contributed by atoms with van der Waals surface area (Å²) in [5, 5.41) is 5.37. The molecule has 4 heterocycles. The van der Waals surface area contributed by atoms with Gasteiger partial charge in [-0.15, -0.1) is 36.4 Å². The fourth-order valence-electron chi connectivity index (χ4n) is 7.25. The minimum absolute atomic E-state index is 0. The molecule has 281 valence electrons. The van der Waals surface area contributed by atoms with E-state index >= 15 is 0 Å². The molecule has 10 rings (SSSR count). The van der Waals surface area contributed by atoms with E-state index in [0.29, 0.717) is 11.2 Å². The van der Waals surface area contributed by atoms with Crippen molar-refractivity contribution in [1.82, 2.24) is 9.97 Å². The van der Waals surface area contributed by atoms with Crippen LogP contribution in [0.4, 0.5) is 4.39 Å². The van der Waals surface area contributed by atoms with E-state index in [9.17, 15) is 4.39 Å². The van der Waals surface area contributed by atoms with Crippen molar-refractivity contribution in [3.63, 3.8) is 0 Å². The van der Waals surface area contributed by atoms with E-state index in [1.807, 2.05) is 60.9 Å². The summed E-state index contributed by atoms with van der Waals surface area (Å²) in [6, 6.07) is 54.6. The molecule has 6 aromatic carbocycles. The van der Waals surface area contributed by atoms with E-state index in [2.05, 4.69) is 116 Å². The second-order valence-corrected chi connectivity index (χ2v) is 20.0. The van der Waals surface area contributed by atoms with Gasteiger partial charge in [0.2, 0.25) is 0 Å². The second-order valence-electron chi connectivity index (χ2n) is 15.0. The van der Waals surface area contributed by atoms with Crippen LogP contribution in [0.15, 0.2) is 167 Å². The number of furan rings is 2. The molecule has 57 heavy (non-hydrogen) atoms. The molecule has 0 fully saturated rings. The molecule has 0 saturated heterocycles. The Morgan fingerprint density at radius 2 is 1.19 bits per heavy atom. The van der Waals surface area contributed by atoms with Crippen molar-refractivity contribution in [2.24, 2.45) is 0 Å². The predicted molar refractivity (Wildman–Crippen MR) is 229 cm³/mol. The summed E-state index contributed by atoms with van der Waals surface area (Å²) < 4.78 is 25.6. The molecular formula is C50H37FIrN2O2Si-2. The molecule has 0 unspecified atom stereocenters. The Morgan fingerprint density at radius 1 is 0.579 bits per heavy atom. The van der Waals surface area contributed by atoms with E-state index < -0.39 is 8.07 Å². The number of benzene rings is 6. The quantitative estimate of drug-likeness (QED) is 0.123. The molecule has 1 radical (unpaired) electrons. The van der Waals surface area contributed by atoms with E-state index in [-0.39, 0.29) is 25.9 Å². The standard InChI is InChI=1S/C30H20NO.C20H17FNOSi.Ir/c1-3-10-21(11-4-1)18-23-19-28(31-20-27(23)22-12-5-2-6-13-22)26-16-9-15-25-24-14-7-8-17-29(24)32-30(25)26;1-24(2,3)14-8-10-18(22-12-14)17-6-4-5-16-15-9-7-13(21)11-19(15)23-20(16)17;/h1-15,17,19-20H,18H2;4-5,7-12H,1-3H3;/q2*-1;. The van der Waals surface area contributed by atoms with Crippen LogP contribution in [0.3, 0.4) is 0 Å². The maximum absolute atomic E-state index is 13.5. The average Bonchev–Trinajstić information content (AvgIpc) is 3.80. The van der Waals surface area contributed by atoms with Crippen molar-refractivity contribution in [3.05, 3.63) is 187 Å². The SMILES string of the molecule is C[Si](C)(C)c1ccc(-c2[c-]ccc3c2oc2cc(F)ccc23)nc1.[Ir].[c-]1ccc2c(oc3ccccc32)c1-c1cc(Cc2ccccc2)c(-c2ccccc2)cn1. The molecule has 4 aromatic heterocycles. The van der Waals surface area contributed by atoms with Crippen molar-refractivity contribution < 1.29 is 33.3 Å². The van der Waals surface area contributed by atoms with Crippen LogP contribution in [-0.2, 0) is 26.5 Å². The third-order valence-electron chi connectivity index (χ3n) is 10.2. The normalized spacial score (nSPS) is 11.4. The summed E-state index contributed by atoms with van der Waals surface area (Å²) in [6.45, 7) is 6.89. The van der Waals surface area contributed by atoms with Gasteiger partial charge in [-0.25, -0.2) is 4.39 Å². The summed E-state index contributed by atoms with van der Waals surface area (Å²) >= 11 is 0. The summed E-state index contributed by atoms with van der Waals surface area (Å²) in [7, 11) is -1.38. The van der Waals surface area contributed by atoms with Crippen LogP contribution in [0.1, 0.15) is 11.1 Å². The van der Waals surface area contributed by atoms with E-state index in [1.54, 1.807) is 6.07 Å². The Balaban J connectivity index is 0.000000163. The Bertz CT molecular complexity index is 2990. The number of halogens is 1. The van der Waals surface area contributed by atoms with Gasteiger partial charge in [-0.1, -0.05) is 139 Å². The topological polar surface area (TPSA) is 52.1 Å². The van der Waals surface area contributed by atoms with Crippen molar-refractivity contribution in [2.75, 3.05) is 0 Å². The maximum atomic E-state index is 13.5. The average molecular weight is 937 g/mol. The first-order chi connectivity index (χ1) is 27.3. The third-order valence-corrected chi connectivity index (χ3v) is 12.2. The number of nitrogens with zero attached hydrogens (tertiary/aromatic N) is 2. The van der Waals surface area contributed by atoms with Crippen LogP contribution in [-0.4, -0.2) is 18.0 Å². The van der Waals surface area contributed by atoms with Crippen LogP contribution in [0, 0.1) is 17.9 Å². The van der Waals surface area contributed by atoms with Crippen molar-refractivity contribution >= 4 is 57.1 Å². The number of hydrogen-bond acceptors (Lipinski definition) is 4. The molecule has 0 amide bonds. The van der Waals surface area contributed by atoms with Gasteiger partial charge in [0.15, 0.2) is 0 Å². The van der Waals surface area contributed by atoms with E-state index in [4.69, 9.17) is 13.8 Å². The zero-order valence-corrected chi connectivity index (χ0v) is 35.0. The molecule has 7 heteroatoms. The third kappa shape index (κ3) is 7.62. The molecule has 0 atom stereocenters. The van der Waals surface area contributed by atoms with Gasteiger partial charge in [0.05, 0.1) is 19.2 Å². The zero-order chi connectivity index (χ0) is 38.2. The van der Waals surface area contributed by atoms with Crippen LogP contribution in [0.25, 0.3) is 77.5 Å². The molecule has 0 saturated carbocycles. The Kier molecular flexibility index (Phi) is 10.6.